The Morgan fingerprint density at radius 3 is 2.67 bits per heavy atom. The lowest BCUT2D eigenvalue weighted by atomic mass is 10.1. The van der Waals surface area contributed by atoms with Crippen LogP contribution in [0.2, 0.25) is 0 Å². The van der Waals surface area contributed by atoms with Gasteiger partial charge in [0.2, 0.25) is 0 Å². The fraction of sp³-hybridized carbons (Fsp3) is 1.00. The number of nitrogens with one attached hydrogen (secondary N) is 1. The molecule has 1 N–H and O–H groups in total. The first-order valence-electron chi connectivity index (χ1n) is 6.20. The zero-order chi connectivity index (χ0) is 11.3. The van der Waals surface area contributed by atoms with Gasteiger partial charge in [0.15, 0.2) is 0 Å². The molecular weight excluding hydrogens is 186 g/mol. The van der Waals surface area contributed by atoms with Crippen LogP contribution in [-0.4, -0.2) is 62.7 Å². The van der Waals surface area contributed by atoms with E-state index in [-0.39, 0.29) is 0 Å². The van der Waals surface area contributed by atoms with E-state index >= 15 is 0 Å². The zero-order valence-corrected chi connectivity index (χ0v) is 10.8. The summed E-state index contributed by atoms with van der Waals surface area (Å²) in [4.78, 5) is 5.09. The summed E-state index contributed by atoms with van der Waals surface area (Å²) < 4.78 is 0. The van der Waals surface area contributed by atoms with Gasteiger partial charge in [0.05, 0.1) is 0 Å². The molecule has 1 saturated heterocycles. The molecule has 3 nitrogen and oxygen atoms in total. The smallest absolute Gasteiger partial charge is 0.0345 e. The largest absolute Gasteiger partial charge is 0.318 e. The molecule has 90 valence electrons. The maximum absolute atomic E-state index is 3.28. The first kappa shape index (κ1) is 12.9. The summed E-state index contributed by atoms with van der Waals surface area (Å²) in [7, 11) is 4.28. The van der Waals surface area contributed by atoms with E-state index in [1.54, 1.807) is 0 Å². The average Bonchev–Trinajstić information content (AvgIpc) is 2.19. The van der Waals surface area contributed by atoms with E-state index in [1.807, 2.05) is 7.05 Å². The molecule has 0 aromatic heterocycles. The Balaban J connectivity index is 2.29. The molecule has 1 rings (SSSR count). The molecule has 0 saturated carbocycles. The number of likely N-dealkylation sites (N-methyl/N-ethyl adjacent to an activating group) is 2. The van der Waals surface area contributed by atoms with Crippen LogP contribution in [0.5, 0.6) is 0 Å². The van der Waals surface area contributed by atoms with Gasteiger partial charge in [-0.1, -0.05) is 13.8 Å². The van der Waals surface area contributed by atoms with Crippen LogP contribution in [0.1, 0.15) is 20.3 Å². The molecule has 1 aliphatic rings. The molecule has 0 aliphatic carbocycles. The van der Waals surface area contributed by atoms with Gasteiger partial charge >= 0.3 is 0 Å². The lowest BCUT2D eigenvalue weighted by Gasteiger charge is -2.39. The lowest BCUT2D eigenvalue weighted by Crippen LogP contribution is -2.54. The minimum Gasteiger partial charge on any atom is -0.318 e. The molecule has 1 aliphatic heterocycles. The maximum Gasteiger partial charge on any atom is 0.0345 e. The molecule has 0 bridgehead atoms. The summed E-state index contributed by atoms with van der Waals surface area (Å²) in [5, 5.41) is 3.28. The number of hydrogen-bond donors (Lipinski definition) is 1. The first-order chi connectivity index (χ1) is 7.13. The third-order valence-electron chi connectivity index (χ3n) is 3.32. The summed E-state index contributed by atoms with van der Waals surface area (Å²) in [6.45, 7) is 10.7. The average molecular weight is 213 g/mol. The number of rotatable bonds is 5. The van der Waals surface area contributed by atoms with Gasteiger partial charge in [0.1, 0.15) is 0 Å². The predicted molar refractivity (Wildman–Crippen MR) is 66.2 cm³/mol. The highest BCUT2D eigenvalue weighted by Crippen LogP contribution is 2.09. The quantitative estimate of drug-likeness (QED) is 0.731. The lowest BCUT2D eigenvalue weighted by molar-refractivity contribution is 0.0926. The Morgan fingerprint density at radius 2 is 2.07 bits per heavy atom. The van der Waals surface area contributed by atoms with Crippen molar-refractivity contribution in [3.8, 4) is 0 Å². The second kappa shape index (κ2) is 6.46. The van der Waals surface area contributed by atoms with Crippen molar-refractivity contribution in [3.63, 3.8) is 0 Å². The molecule has 0 aromatic carbocycles. The van der Waals surface area contributed by atoms with Crippen LogP contribution >= 0.6 is 0 Å². The Morgan fingerprint density at radius 1 is 1.33 bits per heavy atom. The van der Waals surface area contributed by atoms with Gasteiger partial charge in [-0.15, -0.1) is 0 Å². The van der Waals surface area contributed by atoms with Crippen molar-refractivity contribution in [2.75, 3.05) is 46.8 Å². The Bertz CT molecular complexity index is 170. The van der Waals surface area contributed by atoms with Gasteiger partial charge < -0.3 is 10.2 Å². The van der Waals surface area contributed by atoms with Gasteiger partial charge in [0.25, 0.3) is 0 Å². The maximum atomic E-state index is 3.28. The second-order valence-corrected chi connectivity index (χ2v) is 5.18. The Labute approximate surface area is 94.8 Å². The minimum atomic E-state index is 0.691. The molecule has 0 spiro atoms. The van der Waals surface area contributed by atoms with Crippen LogP contribution in [-0.2, 0) is 0 Å². The van der Waals surface area contributed by atoms with Crippen molar-refractivity contribution in [3.05, 3.63) is 0 Å². The van der Waals surface area contributed by atoms with Gasteiger partial charge in [-0.2, -0.15) is 0 Å². The Hall–Kier alpha value is -0.120. The van der Waals surface area contributed by atoms with Gasteiger partial charge in [-0.25, -0.2) is 0 Å². The fourth-order valence-corrected chi connectivity index (χ4v) is 2.11. The van der Waals surface area contributed by atoms with E-state index in [0.717, 1.165) is 12.5 Å². The van der Waals surface area contributed by atoms with Crippen LogP contribution in [0.3, 0.4) is 0 Å². The second-order valence-electron chi connectivity index (χ2n) is 5.18. The highest BCUT2D eigenvalue weighted by Gasteiger charge is 2.23. The van der Waals surface area contributed by atoms with E-state index in [9.17, 15) is 0 Å². The summed E-state index contributed by atoms with van der Waals surface area (Å²) in [5.74, 6) is 0.826. The molecule has 1 fully saturated rings. The molecule has 0 amide bonds. The van der Waals surface area contributed by atoms with Gasteiger partial charge in [-0.05, 0) is 33.0 Å². The van der Waals surface area contributed by atoms with Crippen molar-refractivity contribution >= 4 is 0 Å². The molecule has 1 heterocycles. The van der Waals surface area contributed by atoms with Crippen molar-refractivity contribution < 1.29 is 0 Å². The van der Waals surface area contributed by atoms with Crippen molar-refractivity contribution in [1.82, 2.24) is 15.1 Å². The first-order valence-corrected chi connectivity index (χ1v) is 6.20. The molecule has 0 radical (unpaired) electrons. The normalized spacial score (nSPS) is 25.0. The van der Waals surface area contributed by atoms with Crippen LogP contribution in [0.4, 0.5) is 0 Å². The monoisotopic (exact) mass is 213 g/mol. The number of piperazine rings is 1. The molecule has 3 heteroatoms. The van der Waals surface area contributed by atoms with E-state index in [2.05, 4.69) is 36.0 Å². The molecule has 1 unspecified atom stereocenters. The van der Waals surface area contributed by atoms with Gasteiger partial charge in [0, 0.05) is 32.2 Å². The topological polar surface area (TPSA) is 18.5 Å². The van der Waals surface area contributed by atoms with Gasteiger partial charge in [-0.3, -0.25) is 4.90 Å². The molecule has 15 heavy (non-hydrogen) atoms. The minimum absolute atomic E-state index is 0.691. The zero-order valence-electron chi connectivity index (χ0n) is 10.8. The third kappa shape index (κ3) is 4.49. The van der Waals surface area contributed by atoms with Crippen molar-refractivity contribution in [1.29, 1.82) is 0 Å². The summed E-state index contributed by atoms with van der Waals surface area (Å²) in [5.41, 5.74) is 0. The molecular formula is C12H27N3. The summed E-state index contributed by atoms with van der Waals surface area (Å²) in [6, 6.07) is 0.691. The summed E-state index contributed by atoms with van der Waals surface area (Å²) >= 11 is 0. The molecule has 1 atom stereocenters. The highest BCUT2D eigenvalue weighted by molar-refractivity contribution is 4.81. The van der Waals surface area contributed by atoms with Crippen LogP contribution in [0.25, 0.3) is 0 Å². The van der Waals surface area contributed by atoms with E-state index < -0.39 is 0 Å². The highest BCUT2D eigenvalue weighted by atomic mass is 15.3. The number of hydrogen-bond acceptors (Lipinski definition) is 3. The van der Waals surface area contributed by atoms with E-state index in [4.69, 9.17) is 0 Å². The fourth-order valence-electron chi connectivity index (χ4n) is 2.11. The molecule has 0 aromatic rings. The van der Waals surface area contributed by atoms with Crippen molar-refractivity contribution in [2.45, 2.75) is 26.3 Å². The standard InChI is InChI=1S/C12H27N3/c1-11(2)5-6-15-8-7-14(4)12(10-15)9-13-3/h11-13H,5-10H2,1-4H3. The SMILES string of the molecule is CNCC1CN(CCC(C)C)CCN1C. The van der Waals surface area contributed by atoms with E-state index in [0.29, 0.717) is 6.04 Å². The van der Waals surface area contributed by atoms with Crippen molar-refractivity contribution in [2.24, 2.45) is 5.92 Å². The summed E-state index contributed by atoms with van der Waals surface area (Å²) in [6.07, 6.45) is 1.33. The van der Waals surface area contributed by atoms with E-state index in [1.165, 1.54) is 32.6 Å². The number of nitrogens with zero attached hydrogens (tertiary/aromatic N) is 2. The van der Waals surface area contributed by atoms with Crippen LogP contribution in [0, 0.1) is 5.92 Å². The predicted octanol–water partition coefficient (Wildman–Crippen LogP) is 0.868. The Kier molecular flexibility index (Phi) is 5.58. The third-order valence-corrected chi connectivity index (χ3v) is 3.32. The van der Waals surface area contributed by atoms with Crippen LogP contribution < -0.4 is 5.32 Å². The van der Waals surface area contributed by atoms with Crippen LogP contribution in [0.15, 0.2) is 0 Å².